The third kappa shape index (κ3) is 3.22. The highest BCUT2D eigenvalue weighted by molar-refractivity contribution is 6.31. The van der Waals surface area contributed by atoms with Gasteiger partial charge in [0.15, 0.2) is 0 Å². The first kappa shape index (κ1) is 13.8. The Labute approximate surface area is 117 Å². The summed E-state index contributed by atoms with van der Waals surface area (Å²) in [6.45, 7) is 5.16. The summed E-state index contributed by atoms with van der Waals surface area (Å²) in [6.07, 6.45) is 2.11. The molecule has 0 amide bonds. The molecular formula is C11H17Cl2N5. The molecule has 0 aliphatic carbocycles. The van der Waals surface area contributed by atoms with Gasteiger partial charge in [0.1, 0.15) is 0 Å². The van der Waals surface area contributed by atoms with Crippen LogP contribution in [0.1, 0.15) is 19.8 Å². The van der Waals surface area contributed by atoms with Crippen molar-refractivity contribution in [2.75, 3.05) is 31.6 Å². The van der Waals surface area contributed by atoms with Gasteiger partial charge in [0.05, 0.1) is 0 Å². The van der Waals surface area contributed by atoms with Crippen molar-refractivity contribution in [2.24, 2.45) is 0 Å². The fourth-order valence-corrected chi connectivity index (χ4v) is 2.66. The van der Waals surface area contributed by atoms with Crippen molar-refractivity contribution in [2.45, 2.75) is 25.8 Å². The summed E-state index contributed by atoms with van der Waals surface area (Å²) in [5.74, 6) is 0.585. The third-order valence-electron chi connectivity index (χ3n) is 3.20. The molecule has 5 nitrogen and oxygen atoms in total. The smallest absolute Gasteiger partial charge is 0.231 e. The maximum atomic E-state index is 5.85. The van der Waals surface area contributed by atoms with E-state index >= 15 is 0 Å². The first-order valence-corrected chi connectivity index (χ1v) is 6.88. The van der Waals surface area contributed by atoms with E-state index in [1.807, 2.05) is 0 Å². The highest BCUT2D eigenvalue weighted by atomic mass is 35.5. The zero-order chi connectivity index (χ0) is 13.1. The standard InChI is InChI=1S/C11H17Cl2N5/c1-3-8-7-17(2)5-4-6-18(8)11-15-9(12)14-10(13)16-11/h8H,3-7H2,1-2H3. The van der Waals surface area contributed by atoms with Gasteiger partial charge in [-0.05, 0) is 49.6 Å². The van der Waals surface area contributed by atoms with Crippen molar-refractivity contribution in [1.82, 2.24) is 19.9 Å². The van der Waals surface area contributed by atoms with Crippen molar-refractivity contribution in [3.8, 4) is 0 Å². The molecule has 100 valence electrons. The van der Waals surface area contributed by atoms with Gasteiger partial charge < -0.3 is 9.80 Å². The van der Waals surface area contributed by atoms with Crippen LogP contribution in [0.5, 0.6) is 0 Å². The minimum absolute atomic E-state index is 0.150. The average molecular weight is 290 g/mol. The topological polar surface area (TPSA) is 45.2 Å². The lowest BCUT2D eigenvalue weighted by Gasteiger charge is -2.30. The van der Waals surface area contributed by atoms with E-state index in [9.17, 15) is 0 Å². The first-order valence-electron chi connectivity index (χ1n) is 6.12. The van der Waals surface area contributed by atoms with E-state index < -0.39 is 0 Å². The van der Waals surface area contributed by atoms with Crippen molar-refractivity contribution in [3.05, 3.63) is 10.6 Å². The molecule has 0 bridgehead atoms. The lowest BCUT2D eigenvalue weighted by atomic mass is 10.2. The second-order valence-corrected chi connectivity index (χ2v) is 5.22. The minimum Gasteiger partial charge on any atom is -0.336 e. The minimum atomic E-state index is 0.150. The summed E-state index contributed by atoms with van der Waals surface area (Å²) < 4.78 is 0. The number of rotatable bonds is 2. The van der Waals surface area contributed by atoms with Crippen molar-refractivity contribution in [1.29, 1.82) is 0 Å². The van der Waals surface area contributed by atoms with Crippen LogP contribution in [0, 0.1) is 0 Å². The molecule has 0 spiro atoms. The van der Waals surface area contributed by atoms with Crippen LogP contribution in [0.4, 0.5) is 5.95 Å². The molecule has 0 aromatic carbocycles. The van der Waals surface area contributed by atoms with Crippen LogP contribution in [-0.4, -0.2) is 52.6 Å². The van der Waals surface area contributed by atoms with Gasteiger partial charge in [-0.15, -0.1) is 0 Å². The van der Waals surface area contributed by atoms with Gasteiger partial charge >= 0.3 is 0 Å². The molecule has 7 heteroatoms. The van der Waals surface area contributed by atoms with Crippen LogP contribution < -0.4 is 4.90 Å². The Morgan fingerprint density at radius 2 is 1.83 bits per heavy atom. The molecule has 1 aromatic heterocycles. The molecule has 2 heterocycles. The Morgan fingerprint density at radius 1 is 1.17 bits per heavy atom. The second kappa shape index (κ2) is 5.99. The predicted molar refractivity (Wildman–Crippen MR) is 73.4 cm³/mol. The van der Waals surface area contributed by atoms with E-state index in [2.05, 4.69) is 38.7 Å². The molecule has 1 unspecified atom stereocenters. The largest absolute Gasteiger partial charge is 0.336 e. The zero-order valence-electron chi connectivity index (χ0n) is 10.6. The van der Waals surface area contributed by atoms with Gasteiger partial charge in [-0.1, -0.05) is 6.92 Å². The lowest BCUT2D eigenvalue weighted by molar-refractivity contribution is 0.327. The quantitative estimate of drug-likeness (QED) is 0.834. The van der Waals surface area contributed by atoms with Crippen molar-refractivity contribution < 1.29 is 0 Å². The van der Waals surface area contributed by atoms with E-state index in [-0.39, 0.29) is 10.6 Å². The monoisotopic (exact) mass is 289 g/mol. The zero-order valence-corrected chi connectivity index (χ0v) is 12.1. The second-order valence-electron chi connectivity index (χ2n) is 4.54. The Morgan fingerprint density at radius 3 is 2.44 bits per heavy atom. The maximum absolute atomic E-state index is 5.85. The number of nitrogens with zero attached hydrogens (tertiary/aromatic N) is 5. The average Bonchev–Trinajstić information content (AvgIpc) is 2.49. The number of likely N-dealkylation sites (N-methyl/N-ethyl adjacent to an activating group) is 1. The molecule has 1 atom stereocenters. The van der Waals surface area contributed by atoms with Gasteiger partial charge in [-0.3, -0.25) is 0 Å². The number of anilines is 1. The van der Waals surface area contributed by atoms with Gasteiger partial charge in [0, 0.05) is 19.1 Å². The summed E-state index contributed by atoms with van der Waals surface area (Å²) in [5.41, 5.74) is 0. The summed E-state index contributed by atoms with van der Waals surface area (Å²) in [7, 11) is 2.14. The predicted octanol–water partition coefficient (Wildman–Crippen LogP) is 2.10. The van der Waals surface area contributed by atoms with Crippen LogP contribution in [-0.2, 0) is 0 Å². The van der Waals surface area contributed by atoms with E-state index in [1.165, 1.54) is 0 Å². The molecule has 0 saturated carbocycles. The Hall–Kier alpha value is -0.650. The van der Waals surface area contributed by atoms with Crippen LogP contribution in [0.3, 0.4) is 0 Å². The normalized spacial score (nSPS) is 22.0. The Bertz CT molecular complexity index is 394. The third-order valence-corrected chi connectivity index (χ3v) is 3.54. The molecule has 1 aliphatic rings. The number of halogens is 2. The summed E-state index contributed by atoms with van der Waals surface area (Å²) >= 11 is 11.7. The maximum Gasteiger partial charge on any atom is 0.231 e. The highest BCUT2D eigenvalue weighted by Gasteiger charge is 2.24. The van der Waals surface area contributed by atoms with Crippen LogP contribution in [0.2, 0.25) is 10.6 Å². The Kier molecular flexibility index (Phi) is 4.59. The van der Waals surface area contributed by atoms with Crippen LogP contribution >= 0.6 is 23.2 Å². The first-order chi connectivity index (χ1) is 8.60. The Balaban J connectivity index is 2.28. The molecule has 1 saturated heterocycles. The molecular weight excluding hydrogens is 273 g/mol. The molecule has 1 fully saturated rings. The molecule has 1 aliphatic heterocycles. The van der Waals surface area contributed by atoms with E-state index in [4.69, 9.17) is 23.2 Å². The SMILES string of the molecule is CCC1CN(C)CCCN1c1nc(Cl)nc(Cl)n1. The van der Waals surface area contributed by atoms with Crippen LogP contribution in [0.25, 0.3) is 0 Å². The number of hydrogen-bond donors (Lipinski definition) is 0. The van der Waals surface area contributed by atoms with Crippen molar-refractivity contribution >= 4 is 29.2 Å². The van der Waals surface area contributed by atoms with Gasteiger partial charge in [0.25, 0.3) is 0 Å². The van der Waals surface area contributed by atoms with Gasteiger partial charge in [-0.2, -0.15) is 15.0 Å². The summed E-state index contributed by atoms with van der Waals surface area (Å²) in [6, 6.07) is 0.382. The molecule has 2 rings (SSSR count). The lowest BCUT2D eigenvalue weighted by Crippen LogP contribution is -2.40. The van der Waals surface area contributed by atoms with Crippen LogP contribution in [0.15, 0.2) is 0 Å². The fourth-order valence-electron chi connectivity index (χ4n) is 2.30. The molecule has 0 radical (unpaired) electrons. The van der Waals surface area contributed by atoms with Gasteiger partial charge in [-0.25, -0.2) is 0 Å². The summed E-state index contributed by atoms with van der Waals surface area (Å²) in [4.78, 5) is 16.7. The van der Waals surface area contributed by atoms with Crippen molar-refractivity contribution in [3.63, 3.8) is 0 Å². The molecule has 18 heavy (non-hydrogen) atoms. The molecule has 1 aromatic rings. The van der Waals surface area contributed by atoms with E-state index in [0.29, 0.717) is 12.0 Å². The highest BCUT2D eigenvalue weighted by Crippen LogP contribution is 2.20. The summed E-state index contributed by atoms with van der Waals surface area (Å²) in [5, 5.41) is 0.301. The van der Waals surface area contributed by atoms with Gasteiger partial charge in [0.2, 0.25) is 16.5 Å². The van der Waals surface area contributed by atoms with E-state index in [1.54, 1.807) is 0 Å². The fraction of sp³-hybridized carbons (Fsp3) is 0.727. The number of aromatic nitrogens is 3. The number of hydrogen-bond acceptors (Lipinski definition) is 5. The van der Waals surface area contributed by atoms with E-state index in [0.717, 1.165) is 32.5 Å². The molecule has 0 N–H and O–H groups in total.